The van der Waals surface area contributed by atoms with E-state index in [4.69, 9.17) is 4.42 Å². The van der Waals surface area contributed by atoms with Gasteiger partial charge in [0.05, 0.1) is 16.1 Å². The number of benzene rings is 4. The molecule has 0 amide bonds. The zero-order valence-electron chi connectivity index (χ0n) is 16.4. The molecular formula is C25H18N2O3S. The molecule has 5 rings (SSSR count). The van der Waals surface area contributed by atoms with Crippen molar-refractivity contribution in [2.45, 2.75) is 4.90 Å². The number of oxazole rings is 1. The molecule has 0 radical (unpaired) electrons. The molecule has 0 spiro atoms. The van der Waals surface area contributed by atoms with E-state index in [-0.39, 0.29) is 4.90 Å². The molecule has 0 atom stereocenters. The predicted molar refractivity (Wildman–Crippen MR) is 122 cm³/mol. The highest BCUT2D eigenvalue weighted by Gasteiger charge is 2.19. The third-order valence-electron chi connectivity index (χ3n) is 4.97. The maximum absolute atomic E-state index is 13.0. The molecule has 0 aliphatic rings. The molecule has 1 heterocycles. The number of sulfonamides is 1. The standard InChI is InChI=1S/C25H18N2O3S/c28-31(29,20-16-14-19(15-17-20)18-8-2-1-3-9-18)27-22-11-5-4-10-21(22)25-26-23-12-6-7-13-24(23)30-25/h1-17,27H. The first kappa shape index (κ1) is 19.1. The lowest BCUT2D eigenvalue weighted by Gasteiger charge is -2.11. The Bertz CT molecular complexity index is 1420. The largest absolute Gasteiger partial charge is 0.436 e. The molecule has 5 nitrogen and oxygen atoms in total. The van der Waals surface area contributed by atoms with Crippen LogP contribution in [0, 0.1) is 0 Å². The average Bonchev–Trinajstić information content (AvgIpc) is 3.24. The van der Waals surface area contributed by atoms with Gasteiger partial charge in [-0.3, -0.25) is 4.72 Å². The second-order valence-corrected chi connectivity index (χ2v) is 8.71. The molecule has 1 N–H and O–H groups in total. The molecule has 5 aromatic rings. The van der Waals surface area contributed by atoms with Gasteiger partial charge < -0.3 is 4.42 Å². The fourth-order valence-electron chi connectivity index (χ4n) is 3.41. The van der Waals surface area contributed by atoms with E-state index in [9.17, 15) is 8.42 Å². The van der Waals surface area contributed by atoms with Crippen LogP contribution in [0.1, 0.15) is 0 Å². The zero-order chi connectivity index (χ0) is 21.3. The fourth-order valence-corrected chi connectivity index (χ4v) is 4.49. The number of para-hydroxylation sites is 3. The maximum atomic E-state index is 13.0. The minimum absolute atomic E-state index is 0.180. The Morgan fingerprint density at radius 1 is 0.677 bits per heavy atom. The summed E-state index contributed by atoms with van der Waals surface area (Å²) in [6.45, 7) is 0. The minimum Gasteiger partial charge on any atom is -0.436 e. The van der Waals surface area contributed by atoms with Crippen molar-refractivity contribution in [3.8, 4) is 22.6 Å². The second kappa shape index (κ2) is 7.74. The van der Waals surface area contributed by atoms with Crippen LogP contribution in [-0.2, 0) is 10.0 Å². The van der Waals surface area contributed by atoms with Crippen molar-refractivity contribution in [2.24, 2.45) is 0 Å². The van der Waals surface area contributed by atoms with Crippen LogP contribution >= 0.6 is 0 Å². The summed E-state index contributed by atoms with van der Waals surface area (Å²) in [7, 11) is -3.79. The van der Waals surface area contributed by atoms with Crippen molar-refractivity contribution in [3.63, 3.8) is 0 Å². The normalized spacial score (nSPS) is 11.5. The number of anilines is 1. The first-order valence-corrected chi connectivity index (χ1v) is 11.2. The van der Waals surface area contributed by atoms with E-state index in [1.165, 1.54) is 0 Å². The molecular weight excluding hydrogens is 408 g/mol. The van der Waals surface area contributed by atoms with Crippen LogP contribution in [0.4, 0.5) is 5.69 Å². The molecule has 1 aromatic heterocycles. The van der Waals surface area contributed by atoms with Crippen molar-refractivity contribution in [3.05, 3.63) is 103 Å². The zero-order valence-corrected chi connectivity index (χ0v) is 17.2. The van der Waals surface area contributed by atoms with Gasteiger partial charge in [0.2, 0.25) is 5.89 Å². The van der Waals surface area contributed by atoms with Crippen LogP contribution in [0.5, 0.6) is 0 Å². The quantitative estimate of drug-likeness (QED) is 0.376. The van der Waals surface area contributed by atoms with Gasteiger partial charge in [-0.2, -0.15) is 0 Å². The molecule has 0 saturated heterocycles. The summed E-state index contributed by atoms with van der Waals surface area (Å²) in [5.41, 5.74) is 4.31. The Morgan fingerprint density at radius 3 is 2.10 bits per heavy atom. The molecule has 0 unspecified atom stereocenters. The van der Waals surface area contributed by atoms with Gasteiger partial charge in [-0.25, -0.2) is 13.4 Å². The summed E-state index contributed by atoms with van der Waals surface area (Å²) >= 11 is 0. The van der Waals surface area contributed by atoms with Gasteiger partial charge in [0.1, 0.15) is 5.52 Å². The van der Waals surface area contributed by atoms with Crippen molar-refractivity contribution < 1.29 is 12.8 Å². The Kier molecular flexibility index (Phi) is 4.76. The van der Waals surface area contributed by atoms with Crippen LogP contribution in [0.3, 0.4) is 0 Å². The number of hydrogen-bond acceptors (Lipinski definition) is 4. The average molecular weight is 426 g/mol. The van der Waals surface area contributed by atoms with E-state index in [1.807, 2.05) is 60.7 Å². The van der Waals surface area contributed by atoms with E-state index in [1.54, 1.807) is 42.5 Å². The highest BCUT2D eigenvalue weighted by atomic mass is 32.2. The number of rotatable bonds is 5. The van der Waals surface area contributed by atoms with Crippen LogP contribution in [0.25, 0.3) is 33.7 Å². The SMILES string of the molecule is O=S(=O)(Nc1ccccc1-c1nc2ccccc2o1)c1ccc(-c2ccccc2)cc1. The van der Waals surface area contributed by atoms with E-state index < -0.39 is 10.0 Å². The van der Waals surface area contributed by atoms with Gasteiger partial charge in [-0.1, -0.05) is 66.7 Å². The minimum atomic E-state index is -3.79. The Hall–Kier alpha value is -3.90. The molecule has 4 aromatic carbocycles. The highest BCUT2D eigenvalue weighted by molar-refractivity contribution is 7.92. The number of hydrogen-bond donors (Lipinski definition) is 1. The molecule has 0 aliphatic heterocycles. The molecule has 0 saturated carbocycles. The third kappa shape index (κ3) is 3.81. The lowest BCUT2D eigenvalue weighted by atomic mass is 10.1. The van der Waals surface area contributed by atoms with E-state index in [0.29, 0.717) is 28.2 Å². The number of nitrogens with one attached hydrogen (secondary N) is 1. The van der Waals surface area contributed by atoms with Crippen molar-refractivity contribution >= 4 is 26.8 Å². The van der Waals surface area contributed by atoms with Crippen LogP contribution in [0.2, 0.25) is 0 Å². The fraction of sp³-hybridized carbons (Fsp3) is 0. The number of aromatic nitrogens is 1. The summed E-state index contributed by atoms with van der Waals surface area (Å²) in [6.07, 6.45) is 0. The summed E-state index contributed by atoms with van der Waals surface area (Å²) in [6, 6.07) is 31.1. The van der Waals surface area contributed by atoms with Crippen molar-refractivity contribution in [1.82, 2.24) is 4.98 Å². The van der Waals surface area contributed by atoms with E-state index >= 15 is 0 Å². The number of fused-ring (bicyclic) bond motifs is 1. The third-order valence-corrected chi connectivity index (χ3v) is 6.35. The van der Waals surface area contributed by atoms with Gasteiger partial charge in [-0.15, -0.1) is 0 Å². The van der Waals surface area contributed by atoms with Gasteiger partial charge in [-0.05, 0) is 47.5 Å². The number of nitrogens with zero attached hydrogens (tertiary/aromatic N) is 1. The molecule has 0 fully saturated rings. The molecule has 31 heavy (non-hydrogen) atoms. The molecule has 0 bridgehead atoms. The molecule has 152 valence electrons. The van der Waals surface area contributed by atoms with Crippen LogP contribution < -0.4 is 4.72 Å². The van der Waals surface area contributed by atoms with Crippen molar-refractivity contribution in [1.29, 1.82) is 0 Å². The van der Waals surface area contributed by atoms with Crippen LogP contribution in [-0.4, -0.2) is 13.4 Å². The first-order chi connectivity index (χ1) is 15.1. The topological polar surface area (TPSA) is 72.2 Å². The van der Waals surface area contributed by atoms with Crippen molar-refractivity contribution in [2.75, 3.05) is 4.72 Å². The van der Waals surface area contributed by atoms with Gasteiger partial charge >= 0.3 is 0 Å². The molecule has 0 aliphatic carbocycles. The predicted octanol–water partition coefficient (Wildman–Crippen LogP) is 5.96. The lowest BCUT2D eigenvalue weighted by molar-refractivity contribution is 0.601. The molecule has 6 heteroatoms. The monoisotopic (exact) mass is 426 g/mol. The lowest BCUT2D eigenvalue weighted by Crippen LogP contribution is -2.13. The highest BCUT2D eigenvalue weighted by Crippen LogP contribution is 2.31. The summed E-state index contributed by atoms with van der Waals surface area (Å²) in [4.78, 5) is 4.67. The van der Waals surface area contributed by atoms with Gasteiger partial charge in [0.25, 0.3) is 10.0 Å². The summed E-state index contributed by atoms with van der Waals surface area (Å²) in [5, 5.41) is 0. The van der Waals surface area contributed by atoms with E-state index in [2.05, 4.69) is 9.71 Å². The Labute approximate surface area is 180 Å². The summed E-state index contributed by atoms with van der Waals surface area (Å²) < 4.78 is 34.6. The van der Waals surface area contributed by atoms with Gasteiger partial charge in [0, 0.05) is 0 Å². The van der Waals surface area contributed by atoms with E-state index in [0.717, 1.165) is 11.1 Å². The first-order valence-electron chi connectivity index (χ1n) is 9.73. The van der Waals surface area contributed by atoms with Crippen LogP contribution in [0.15, 0.2) is 112 Å². The summed E-state index contributed by atoms with van der Waals surface area (Å²) in [5.74, 6) is 0.360. The Balaban J connectivity index is 1.47. The Morgan fingerprint density at radius 2 is 1.32 bits per heavy atom. The van der Waals surface area contributed by atoms with Gasteiger partial charge in [0.15, 0.2) is 5.58 Å². The maximum Gasteiger partial charge on any atom is 0.261 e. The smallest absolute Gasteiger partial charge is 0.261 e. The second-order valence-electron chi connectivity index (χ2n) is 7.03.